The minimum absolute atomic E-state index is 0.205. The molecule has 0 aliphatic heterocycles. The van der Waals surface area contributed by atoms with E-state index in [0.29, 0.717) is 27.0 Å². The minimum atomic E-state index is -0.460. The lowest BCUT2D eigenvalue weighted by Gasteiger charge is -2.09. The van der Waals surface area contributed by atoms with Crippen LogP contribution in [-0.4, -0.2) is 28.4 Å². The molecule has 0 bridgehead atoms. The topological polar surface area (TPSA) is 93.2 Å². The zero-order valence-corrected chi connectivity index (χ0v) is 16.6. The number of hydrogen-bond acceptors (Lipinski definition) is 6. The monoisotopic (exact) mass is 396 g/mol. The number of nitrogens with one attached hydrogen (secondary N) is 2. The SMILES string of the molecule is Cc1ccc(OCC(=O)NNC(=O)c2sc(-c3ccccn3)nc2C)cc1C. The number of aromatic nitrogens is 2. The van der Waals surface area contributed by atoms with Crippen molar-refractivity contribution in [1.29, 1.82) is 0 Å². The molecule has 0 saturated heterocycles. The molecule has 3 aromatic rings. The molecule has 0 radical (unpaired) electrons. The smallest absolute Gasteiger partial charge is 0.281 e. The van der Waals surface area contributed by atoms with E-state index in [-0.39, 0.29) is 6.61 Å². The number of amides is 2. The van der Waals surface area contributed by atoms with Crippen LogP contribution in [0.15, 0.2) is 42.6 Å². The summed E-state index contributed by atoms with van der Waals surface area (Å²) in [5.41, 5.74) is 8.24. The van der Waals surface area contributed by atoms with Crippen molar-refractivity contribution < 1.29 is 14.3 Å². The standard InChI is InChI=1S/C20H20N4O3S/c1-12-7-8-15(10-13(12)2)27-11-17(25)23-24-19(26)18-14(3)22-20(28-18)16-6-4-5-9-21-16/h4-10H,11H2,1-3H3,(H,23,25)(H,24,26). The molecule has 1 aromatic carbocycles. The van der Waals surface area contributed by atoms with Gasteiger partial charge < -0.3 is 4.74 Å². The molecular weight excluding hydrogens is 376 g/mol. The average Bonchev–Trinajstić information content (AvgIpc) is 3.09. The van der Waals surface area contributed by atoms with Crippen LogP contribution in [0.1, 0.15) is 26.5 Å². The second kappa shape index (κ2) is 8.62. The van der Waals surface area contributed by atoms with Crippen molar-refractivity contribution in [3.8, 4) is 16.5 Å². The van der Waals surface area contributed by atoms with E-state index in [2.05, 4.69) is 20.8 Å². The molecular formula is C20H20N4O3S. The van der Waals surface area contributed by atoms with Gasteiger partial charge in [0.15, 0.2) is 6.61 Å². The van der Waals surface area contributed by atoms with E-state index in [0.717, 1.165) is 11.1 Å². The van der Waals surface area contributed by atoms with Crippen molar-refractivity contribution in [3.63, 3.8) is 0 Å². The number of benzene rings is 1. The predicted octanol–water partition coefficient (Wildman–Crippen LogP) is 2.97. The van der Waals surface area contributed by atoms with Gasteiger partial charge in [0.2, 0.25) is 0 Å². The van der Waals surface area contributed by atoms with Gasteiger partial charge in [-0.2, -0.15) is 0 Å². The highest BCUT2D eigenvalue weighted by atomic mass is 32.1. The molecule has 3 rings (SSSR count). The van der Waals surface area contributed by atoms with E-state index >= 15 is 0 Å². The highest BCUT2D eigenvalue weighted by Gasteiger charge is 2.17. The fourth-order valence-electron chi connectivity index (χ4n) is 2.38. The Labute approximate surface area is 166 Å². The van der Waals surface area contributed by atoms with Gasteiger partial charge in [-0.3, -0.25) is 25.4 Å². The van der Waals surface area contributed by atoms with Gasteiger partial charge in [-0.25, -0.2) is 4.98 Å². The lowest BCUT2D eigenvalue weighted by atomic mass is 10.1. The summed E-state index contributed by atoms with van der Waals surface area (Å²) in [5, 5.41) is 0.646. The summed E-state index contributed by atoms with van der Waals surface area (Å²) < 4.78 is 5.45. The van der Waals surface area contributed by atoms with Crippen LogP contribution in [0, 0.1) is 20.8 Å². The molecule has 0 fully saturated rings. The highest BCUT2D eigenvalue weighted by molar-refractivity contribution is 7.17. The first kappa shape index (κ1) is 19.5. The Hall–Kier alpha value is -3.26. The second-order valence-corrected chi connectivity index (χ2v) is 7.18. The van der Waals surface area contributed by atoms with Crippen LogP contribution >= 0.6 is 11.3 Å². The van der Waals surface area contributed by atoms with Gasteiger partial charge >= 0.3 is 0 Å². The van der Waals surface area contributed by atoms with Gasteiger partial charge in [0, 0.05) is 6.20 Å². The van der Waals surface area contributed by atoms with Gasteiger partial charge in [0.25, 0.3) is 11.8 Å². The summed E-state index contributed by atoms with van der Waals surface area (Å²) in [7, 11) is 0. The Morgan fingerprint density at radius 3 is 2.61 bits per heavy atom. The number of carbonyl (C=O) groups excluding carboxylic acids is 2. The molecule has 2 aromatic heterocycles. The molecule has 0 spiro atoms. The first-order valence-electron chi connectivity index (χ1n) is 8.62. The van der Waals surface area contributed by atoms with Gasteiger partial charge in [-0.05, 0) is 56.2 Å². The second-order valence-electron chi connectivity index (χ2n) is 6.19. The largest absolute Gasteiger partial charge is 0.484 e. The van der Waals surface area contributed by atoms with E-state index in [1.807, 2.05) is 44.2 Å². The fraction of sp³-hybridized carbons (Fsp3) is 0.200. The number of carbonyl (C=O) groups is 2. The third kappa shape index (κ3) is 4.72. The first-order valence-corrected chi connectivity index (χ1v) is 9.44. The zero-order valence-electron chi connectivity index (χ0n) is 15.8. The molecule has 0 saturated carbocycles. The first-order chi connectivity index (χ1) is 13.4. The molecule has 144 valence electrons. The molecule has 0 aliphatic rings. The lowest BCUT2D eigenvalue weighted by Crippen LogP contribution is -2.43. The van der Waals surface area contributed by atoms with Crippen molar-refractivity contribution in [2.24, 2.45) is 0 Å². The molecule has 7 nitrogen and oxygen atoms in total. The molecule has 0 atom stereocenters. The molecule has 8 heteroatoms. The number of nitrogens with zero attached hydrogens (tertiary/aromatic N) is 2. The summed E-state index contributed by atoms with van der Waals surface area (Å²) >= 11 is 1.22. The Bertz CT molecular complexity index is 1000. The number of ether oxygens (including phenoxy) is 1. The predicted molar refractivity (Wildman–Crippen MR) is 107 cm³/mol. The Morgan fingerprint density at radius 1 is 1.07 bits per heavy atom. The van der Waals surface area contributed by atoms with Crippen LogP contribution in [0.2, 0.25) is 0 Å². The number of rotatable bonds is 5. The van der Waals surface area contributed by atoms with Crippen molar-refractivity contribution >= 4 is 23.2 Å². The van der Waals surface area contributed by atoms with Crippen LogP contribution in [0.4, 0.5) is 0 Å². The van der Waals surface area contributed by atoms with E-state index < -0.39 is 11.8 Å². The van der Waals surface area contributed by atoms with E-state index in [1.54, 1.807) is 19.2 Å². The highest BCUT2D eigenvalue weighted by Crippen LogP contribution is 2.26. The fourth-order valence-corrected chi connectivity index (χ4v) is 3.32. The van der Waals surface area contributed by atoms with Crippen molar-refractivity contribution in [3.05, 3.63) is 64.3 Å². The number of thiazole rings is 1. The molecule has 2 heterocycles. The minimum Gasteiger partial charge on any atom is -0.484 e. The summed E-state index contributed by atoms with van der Waals surface area (Å²) in [6.07, 6.45) is 1.67. The maximum atomic E-state index is 12.4. The van der Waals surface area contributed by atoms with Crippen LogP contribution in [-0.2, 0) is 4.79 Å². The number of pyridine rings is 1. The van der Waals surface area contributed by atoms with Crippen LogP contribution in [0.25, 0.3) is 10.7 Å². The van der Waals surface area contributed by atoms with Gasteiger partial charge in [0.1, 0.15) is 15.6 Å². The number of hydrogen-bond donors (Lipinski definition) is 2. The van der Waals surface area contributed by atoms with E-state index in [9.17, 15) is 9.59 Å². The van der Waals surface area contributed by atoms with Crippen molar-refractivity contribution in [1.82, 2.24) is 20.8 Å². The summed E-state index contributed by atoms with van der Waals surface area (Å²) in [6, 6.07) is 11.1. The maximum Gasteiger partial charge on any atom is 0.281 e. The van der Waals surface area contributed by atoms with Crippen molar-refractivity contribution in [2.75, 3.05) is 6.61 Å². The normalized spacial score (nSPS) is 10.4. The average molecular weight is 396 g/mol. The lowest BCUT2D eigenvalue weighted by molar-refractivity contribution is -0.123. The molecule has 0 unspecified atom stereocenters. The molecule has 2 N–H and O–H groups in total. The summed E-state index contributed by atoms with van der Waals surface area (Å²) in [5.74, 6) is -0.293. The zero-order chi connectivity index (χ0) is 20.1. The molecule has 28 heavy (non-hydrogen) atoms. The van der Waals surface area contributed by atoms with Gasteiger partial charge in [-0.1, -0.05) is 12.1 Å². The van der Waals surface area contributed by atoms with Gasteiger partial charge in [0.05, 0.1) is 11.4 Å². The van der Waals surface area contributed by atoms with Crippen LogP contribution in [0.5, 0.6) is 5.75 Å². The third-order valence-electron chi connectivity index (χ3n) is 4.05. The number of aryl methyl sites for hydroxylation is 3. The summed E-state index contributed by atoms with van der Waals surface area (Å²) in [6.45, 7) is 5.51. The van der Waals surface area contributed by atoms with Crippen LogP contribution < -0.4 is 15.6 Å². The quantitative estimate of drug-likeness (QED) is 0.647. The molecule has 2 amide bonds. The van der Waals surface area contributed by atoms with E-state index in [4.69, 9.17) is 4.74 Å². The maximum absolute atomic E-state index is 12.4. The third-order valence-corrected chi connectivity index (χ3v) is 5.23. The van der Waals surface area contributed by atoms with E-state index in [1.165, 1.54) is 11.3 Å². The Kier molecular flexibility index (Phi) is 6.00. The molecule has 0 aliphatic carbocycles. The van der Waals surface area contributed by atoms with Gasteiger partial charge in [-0.15, -0.1) is 11.3 Å². The number of hydrazine groups is 1. The summed E-state index contributed by atoms with van der Waals surface area (Å²) in [4.78, 5) is 33.3. The Morgan fingerprint density at radius 2 is 1.89 bits per heavy atom. The van der Waals surface area contributed by atoms with Crippen molar-refractivity contribution in [2.45, 2.75) is 20.8 Å². The Balaban J connectivity index is 1.54. The van der Waals surface area contributed by atoms with Crippen LogP contribution in [0.3, 0.4) is 0 Å².